The number of para-hydroxylation sites is 1. The largest absolute Gasteiger partial charge is 0.399 e. The third-order valence-electron chi connectivity index (χ3n) is 4.12. The molecular weight excluding hydrogens is 446 g/mol. The van der Waals surface area contributed by atoms with E-state index in [-0.39, 0.29) is 17.0 Å². The molecule has 0 spiro atoms. The quantitative estimate of drug-likeness (QED) is 0.210. The number of anilines is 1. The fraction of sp³-hybridized carbons (Fsp3) is 0.111. The summed E-state index contributed by atoms with van der Waals surface area (Å²) in [6.07, 6.45) is 11.8. The van der Waals surface area contributed by atoms with E-state index in [0.29, 0.717) is 0 Å². The molecule has 0 amide bonds. The van der Waals surface area contributed by atoms with Gasteiger partial charge in [0.25, 0.3) is 0 Å². The molecule has 4 heteroatoms. The van der Waals surface area contributed by atoms with Crippen LogP contribution in [0.2, 0.25) is 0 Å². The average molecular weight is 480 g/mol. The van der Waals surface area contributed by atoms with Gasteiger partial charge in [-0.15, -0.1) is 17.0 Å². The third-order valence-corrected chi connectivity index (χ3v) is 4.12. The maximum absolute atomic E-state index is 5.36. The van der Waals surface area contributed by atoms with Gasteiger partial charge in [0, 0.05) is 5.69 Å². The number of hydrazine groups is 1. The maximum Gasteiger partial charge on any atom is 0.0313 e. The Morgan fingerprint density at radius 1 is 0.645 bits per heavy atom. The van der Waals surface area contributed by atoms with Crippen LogP contribution in [0.1, 0.15) is 23.1 Å². The minimum absolute atomic E-state index is 0. The average Bonchev–Trinajstić information content (AvgIpc) is 3.07. The Hall–Kier alpha value is -2.92. The first-order valence-corrected chi connectivity index (χ1v) is 9.91. The minimum Gasteiger partial charge on any atom is -0.399 e. The van der Waals surface area contributed by atoms with E-state index in [0.717, 1.165) is 12.1 Å². The van der Waals surface area contributed by atoms with Gasteiger partial charge in [-0.25, -0.2) is 0 Å². The second kappa shape index (κ2) is 17.9. The molecule has 0 aliphatic heterocycles. The standard InChI is InChI=1S/C14H14.C7H8.C6H7N.BrH.H4N2/c1-12-8-10-14(11-9-12)13-6-4-2-3-5-7-13;1-7-5-3-2-4-6-7;7-6-4-2-1-3-5-6;;1-2/h2-4,6-11H,5H2,1H3;2-6H,1H3;1-5H,7H2;1H;1-2H2. The molecule has 3 nitrogen and oxygen atoms in total. The minimum atomic E-state index is 0. The summed E-state index contributed by atoms with van der Waals surface area (Å²) in [5, 5.41) is 0. The van der Waals surface area contributed by atoms with Crippen LogP contribution in [0.3, 0.4) is 0 Å². The van der Waals surface area contributed by atoms with Crippen LogP contribution >= 0.6 is 17.0 Å². The van der Waals surface area contributed by atoms with Crippen molar-refractivity contribution >= 4 is 28.2 Å². The topological polar surface area (TPSA) is 78.1 Å². The molecule has 0 bridgehead atoms. The molecule has 0 fully saturated rings. The lowest BCUT2D eigenvalue weighted by Gasteiger charge is -2.02. The summed E-state index contributed by atoms with van der Waals surface area (Å²) < 4.78 is 0. The van der Waals surface area contributed by atoms with Gasteiger partial charge in [0.1, 0.15) is 0 Å². The molecule has 0 saturated carbocycles. The Bertz CT molecular complexity index is 863. The van der Waals surface area contributed by atoms with Crippen molar-refractivity contribution in [2.24, 2.45) is 11.7 Å². The monoisotopic (exact) mass is 479 g/mol. The van der Waals surface area contributed by atoms with Crippen molar-refractivity contribution in [3.63, 3.8) is 0 Å². The van der Waals surface area contributed by atoms with Gasteiger partial charge < -0.3 is 5.73 Å². The second-order valence-corrected chi connectivity index (χ2v) is 6.61. The molecule has 31 heavy (non-hydrogen) atoms. The van der Waals surface area contributed by atoms with Crippen molar-refractivity contribution in [1.29, 1.82) is 0 Å². The number of halogens is 1. The molecular formula is C27H34BrN3. The number of nitrogens with two attached hydrogens (primary N) is 3. The van der Waals surface area contributed by atoms with E-state index in [4.69, 9.17) is 5.73 Å². The first-order chi connectivity index (χ1) is 14.6. The highest BCUT2D eigenvalue weighted by atomic mass is 79.9. The summed E-state index contributed by atoms with van der Waals surface area (Å²) in [4.78, 5) is 0. The van der Waals surface area contributed by atoms with Crippen LogP contribution < -0.4 is 17.4 Å². The van der Waals surface area contributed by atoms with Crippen molar-refractivity contribution in [3.8, 4) is 0 Å². The fourth-order valence-corrected chi connectivity index (χ4v) is 2.53. The van der Waals surface area contributed by atoms with Gasteiger partial charge in [0.15, 0.2) is 0 Å². The molecule has 0 saturated heterocycles. The Morgan fingerprint density at radius 2 is 1.16 bits per heavy atom. The lowest BCUT2D eigenvalue weighted by molar-refractivity contribution is 1.26. The molecule has 0 radical (unpaired) electrons. The molecule has 0 aromatic heterocycles. The second-order valence-electron chi connectivity index (χ2n) is 6.61. The predicted molar refractivity (Wildman–Crippen MR) is 143 cm³/mol. The van der Waals surface area contributed by atoms with Crippen LogP contribution in [0.5, 0.6) is 0 Å². The van der Waals surface area contributed by atoms with Crippen LogP contribution in [-0.4, -0.2) is 0 Å². The molecule has 1 aliphatic rings. The van der Waals surface area contributed by atoms with Gasteiger partial charge in [-0.2, -0.15) is 0 Å². The summed E-state index contributed by atoms with van der Waals surface area (Å²) in [7, 11) is 0. The van der Waals surface area contributed by atoms with Crippen LogP contribution in [-0.2, 0) is 0 Å². The Labute approximate surface area is 197 Å². The van der Waals surface area contributed by atoms with Crippen LogP contribution in [0.15, 0.2) is 115 Å². The van der Waals surface area contributed by atoms with E-state index in [1.54, 1.807) is 0 Å². The fourth-order valence-electron chi connectivity index (χ4n) is 2.53. The number of hydrogen-bond donors (Lipinski definition) is 3. The zero-order chi connectivity index (χ0) is 22.0. The summed E-state index contributed by atoms with van der Waals surface area (Å²) in [5.41, 5.74) is 11.4. The van der Waals surface area contributed by atoms with Gasteiger partial charge in [-0.3, -0.25) is 11.7 Å². The number of aryl methyl sites for hydroxylation is 2. The molecule has 0 heterocycles. The van der Waals surface area contributed by atoms with E-state index in [2.05, 4.69) is 92.3 Å². The van der Waals surface area contributed by atoms with Gasteiger partial charge >= 0.3 is 0 Å². The highest BCUT2D eigenvalue weighted by Crippen LogP contribution is 2.19. The van der Waals surface area contributed by atoms with Gasteiger partial charge in [0.05, 0.1) is 0 Å². The summed E-state index contributed by atoms with van der Waals surface area (Å²) >= 11 is 0. The van der Waals surface area contributed by atoms with Crippen LogP contribution in [0, 0.1) is 13.8 Å². The summed E-state index contributed by atoms with van der Waals surface area (Å²) in [5.74, 6) is 8.00. The van der Waals surface area contributed by atoms with E-state index in [9.17, 15) is 0 Å². The molecule has 1 aliphatic carbocycles. The Balaban J connectivity index is 0.000000450. The highest BCUT2D eigenvalue weighted by molar-refractivity contribution is 8.93. The van der Waals surface area contributed by atoms with Crippen molar-refractivity contribution in [3.05, 3.63) is 132 Å². The van der Waals surface area contributed by atoms with E-state index < -0.39 is 0 Å². The molecule has 164 valence electrons. The molecule has 3 aromatic carbocycles. The van der Waals surface area contributed by atoms with Crippen molar-refractivity contribution in [2.75, 3.05) is 5.73 Å². The number of benzene rings is 3. The zero-order valence-electron chi connectivity index (χ0n) is 18.3. The first kappa shape index (κ1) is 28.1. The Kier molecular flexibility index (Phi) is 16.2. The van der Waals surface area contributed by atoms with Gasteiger partial charge in [-0.05, 0) is 43.5 Å². The molecule has 6 N–H and O–H groups in total. The Morgan fingerprint density at radius 3 is 1.61 bits per heavy atom. The lowest BCUT2D eigenvalue weighted by Crippen LogP contribution is -2.02. The van der Waals surface area contributed by atoms with Crippen LogP contribution in [0.25, 0.3) is 5.57 Å². The van der Waals surface area contributed by atoms with Crippen molar-refractivity contribution < 1.29 is 0 Å². The number of allylic oxidation sites excluding steroid dienone is 6. The predicted octanol–water partition coefficient (Wildman–Crippen LogP) is 6.56. The van der Waals surface area contributed by atoms with Crippen molar-refractivity contribution in [2.45, 2.75) is 20.3 Å². The van der Waals surface area contributed by atoms with Crippen molar-refractivity contribution in [1.82, 2.24) is 0 Å². The highest BCUT2D eigenvalue weighted by Gasteiger charge is 1.97. The normalized spacial score (nSPS) is 10.9. The van der Waals surface area contributed by atoms with Gasteiger partial charge in [-0.1, -0.05) is 114 Å². The SMILES string of the molecule is Br.Cc1ccc(C2=CCC=CC=C2)cc1.Cc1ccccc1.NN.Nc1ccccc1. The maximum atomic E-state index is 5.36. The molecule has 0 atom stereocenters. The lowest BCUT2D eigenvalue weighted by atomic mass is 10.0. The summed E-state index contributed by atoms with van der Waals surface area (Å²) in [6, 6.07) is 28.4. The molecule has 4 rings (SSSR count). The van der Waals surface area contributed by atoms with E-state index in [1.807, 2.05) is 48.5 Å². The number of rotatable bonds is 1. The zero-order valence-corrected chi connectivity index (χ0v) is 20.0. The van der Waals surface area contributed by atoms with Gasteiger partial charge in [0.2, 0.25) is 0 Å². The smallest absolute Gasteiger partial charge is 0.0313 e. The number of nitrogen functional groups attached to an aromatic ring is 1. The molecule has 0 unspecified atom stereocenters. The first-order valence-electron chi connectivity index (χ1n) is 9.91. The summed E-state index contributed by atoms with van der Waals surface area (Å²) in [6.45, 7) is 4.20. The van der Waals surface area contributed by atoms with E-state index >= 15 is 0 Å². The third kappa shape index (κ3) is 13.1. The number of hydrogen-bond acceptors (Lipinski definition) is 3. The van der Waals surface area contributed by atoms with Crippen LogP contribution in [0.4, 0.5) is 5.69 Å². The van der Waals surface area contributed by atoms with E-state index in [1.165, 1.54) is 22.3 Å². The molecule has 3 aromatic rings.